The van der Waals surface area contributed by atoms with E-state index in [9.17, 15) is 22.8 Å². The predicted octanol–water partition coefficient (Wildman–Crippen LogP) is 2.69. The molecule has 2 heterocycles. The maximum absolute atomic E-state index is 12.8. The summed E-state index contributed by atoms with van der Waals surface area (Å²) in [5, 5.41) is 7.23. The standard InChI is InChI=1S/C18H18F3N5O2/c1-9(12-4-6-13(7-5-12)18(19,20)21)26-16-15(17(28)24-10(2)23-16)14(25-26)8-22-11(3)27/h4-7,9H,8H2,1-3H3,(H,22,27)(H,23,24,28)/t9-/m1/s1. The van der Waals surface area contributed by atoms with Gasteiger partial charge in [-0.15, -0.1) is 0 Å². The number of H-pyrrole nitrogens is 1. The smallest absolute Gasteiger partial charge is 0.351 e. The Balaban J connectivity index is 2.09. The van der Waals surface area contributed by atoms with E-state index in [0.717, 1.165) is 12.1 Å². The van der Waals surface area contributed by atoms with Crippen molar-refractivity contribution in [2.24, 2.45) is 0 Å². The van der Waals surface area contributed by atoms with Gasteiger partial charge in [-0.3, -0.25) is 9.59 Å². The fraction of sp³-hybridized carbons (Fsp3) is 0.333. The number of alkyl halides is 3. The number of carbonyl (C=O) groups is 1. The second-order valence-corrected chi connectivity index (χ2v) is 6.45. The number of aromatic nitrogens is 4. The number of fused-ring (bicyclic) bond motifs is 1. The van der Waals surface area contributed by atoms with Crippen LogP contribution >= 0.6 is 0 Å². The first-order valence-electron chi connectivity index (χ1n) is 8.47. The van der Waals surface area contributed by atoms with Crippen molar-refractivity contribution >= 4 is 16.9 Å². The summed E-state index contributed by atoms with van der Waals surface area (Å²) in [5.41, 5.74) is 0.0641. The van der Waals surface area contributed by atoms with Crippen molar-refractivity contribution in [3.63, 3.8) is 0 Å². The molecule has 2 N–H and O–H groups in total. The van der Waals surface area contributed by atoms with Crippen molar-refractivity contribution in [1.29, 1.82) is 0 Å². The van der Waals surface area contributed by atoms with Gasteiger partial charge in [-0.1, -0.05) is 12.1 Å². The molecule has 1 aromatic carbocycles. The van der Waals surface area contributed by atoms with Crippen LogP contribution in [0.3, 0.4) is 0 Å². The van der Waals surface area contributed by atoms with Gasteiger partial charge in [-0.2, -0.15) is 18.3 Å². The minimum atomic E-state index is -4.42. The van der Waals surface area contributed by atoms with Crippen LogP contribution in [0.5, 0.6) is 0 Å². The highest BCUT2D eigenvalue weighted by Gasteiger charge is 2.30. The molecule has 0 aliphatic carbocycles. The van der Waals surface area contributed by atoms with Crippen molar-refractivity contribution in [3.05, 3.63) is 57.3 Å². The number of amides is 1. The molecule has 1 amide bonds. The first kappa shape index (κ1) is 19.6. The third-order valence-electron chi connectivity index (χ3n) is 4.34. The van der Waals surface area contributed by atoms with E-state index in [2.05, 4.69) is 20.4 Å². The zero-order chi connectivity index (χ0) is 20.6. The van der Waals surface area contributed by atoms with Crippen LogP contribution in [-0.2, 0) is 17.5 Å². The molecule has 10 heteroatoms. The second kappa shape index (κ2) is 7.10. The molecular weight excluding hydrogens is 375 g/mol. The Labute approximate surface area is 157 Å². The van der Waals surface area contributed by atoms with Crippen molar-refractivity contribution < 1.29 is 18.0 Å². The van der Waals surface area contributed by atoms with Crippen molar-refractivity contribution in [2.75, 3.05) is 0 Å². The van der Waals surface area contributed by atoms with E-state index >= 15 is 0 Å². The summed E-state index contributed by atoms with van der Waals surface area (Å²) >= 11 is 0. The van der Waals surface area contributed by atoms with Crippen LogP contribution in [0.25, 0.3) is 11.0 Å². The molecule has 1 atom stereocenters. The second-order valence-electron chi connectivity index (χ2n) is 6.45. The first-order chi connectivity index (χ1) is 13.1. The number of nitrogens with zero attached hydrogens (tertiary/aromatic N) is 3. The molecule has 0 bridgehead atoms. The van der Waals surface area contributed by atoms with E-state index in [0.29, 0.717) is 22.7 Å². The first-order valence-corrected chi connectivity index (χ1v) is 8.47. The summed E-state index contributed by atoms with van der Waals surface area (Å²) in [5.74, 6) is 0.0966. The van der Waals surface area contributed by atoms with E-state index < -0.39 is 23.3 Å². The molecule has 3 aromatic rings. The summed E-state index contributed by atoms with van der Waals surface area (Å²) < 4.78 is 39.9. The van der Waals surface area contributed by atoms with Crippen LogP contribution in [0, 0.1) is 6.92 Å². The van der Waals surface area contributed by atoms with Gasteiger partial charge in [0.1, 0.15) is 11.2 Å². The van der Waals surface area contributed by atoms with Gasteiger partial charge in [0.05, 0.1) is 23.8 Å². The number of aryl methyl sites for hydroxylation is 1. The van der Waals surface area contributed by atoms with Crippen molar-refractivity contribution in [3.8, 4) is 0 Å². The highest BCUT2D eigenvalue weighted by atomic mass is 19.4. The van der Waals surface area contributed by atoms with Crippen LogP contribution in [-0.4, -0.2) is 25.7 Å². The largest absolute Gasteiger partial charge is 0.416 e. The lowest BCUT2D eigenvalue weighted by molar-refractivity contribution is -0.137. The highest BCUT2D eigenvalue weighted by molar-refractivity contribution is 5.79. The van der Waals surface area contributed by atoms with Crippen LogP contribution in [0.4, 0.5) is 13.2 Å². The number of aromatic amines is 1. The Kier molecular flexibility index (Phi) is 4.97. The zero-order valence-electron chi connectivity index (χ0n) is 15.4. The van der Waals surface area contributed by atoms with E-state index in [1.54, 1.807) is 13.8 Å². The molecule has 0 aliphatic rings. The van der Waals surface area contributed by atoms with Gasteiger partial charge in [0.25, 0.3) is 5.56 Å². The number of rotatable bonds is 4. The quantitative estimate of drug-likeness (QED) is 0.713. The van der Waals surface area contributed by atoms with Gasteiger partial charge in [0, 0.05) is 6.92 Å². The summed E-state index contributed by atoms with van der Waals surface area (Å²) in [6.07, 6.45) is -4.42. The molecule has 28 heavy (non-hydrogen) atoms. The molecule has 0 radical (unpaired) electrons. The van der Waals surface area contributed by atoms with Gasteiger partial charge in [-0.25, -0.2) is 9.67 Å². The van der Waals surface area contributed by atoms with Crippen LogP contribution in [0.15, 0.2) is 29.1 Å². The average molecular weight is 393 g/mol. The van der Waals surface area contributed by atoms with E-state index in [4.69, 9.17) is 0 Å². The van der Waals surface area contributed by atoms with Crippen LogP contribution in [0.1, 0.15) is 42.5 Å². The maximum atomic E-state index is 12.8. The molecule has 0 aliphatic heterocycles. The molecule has 0 fully saturated rings. The number of hydrogen-bond donors (Lipinski definition) is 2. The third-order valence-corrected chi connectivity index (χ3v) is 4.34. The lowest BCUT2D eigenvalue weighted by Gasteiger charge is -2.15. The fourth-order valence-electron chi connectivity index (χ4n) is 2.92. The number of halogens is 3. The Bertz CT molecular complexity index is 1080. The predicted molar refractivity (Wildman–Crippen MR) is 95.7 cm³/mol. The number of carbonyl (C=O) groups excluding carboxylic acids is 1. The summed E-state index contributed by atoms with van der Waals surface area (Å²) in [7, 11) is 0. The molecular formula is C18H18F3N5O2. The maximum Gasteiger partial charge on any atom is 0.416 e. The van der Waals surface area contributed by atoms with Crippen molar-refractivity contribution in [2.45, 2.75) is 39.5 Å². The van der Waals surface area contributed by atoms with Gasteiger partial charge >= 0.3 is 6.18 Å². The monoisotopic (exact) mass is 393 g/mol. The number of nitrogens with one attached hydrogen (secondary N) is 2. The van der Waals surface area contributed by atoms with Crippen LogP contribution < -0.4 is 10.9 Å². The van der Waals surface area contributed by atoms with E-state index in [-0.39, 0.29) is 17.8 Å². The van der Waals surface area contributed by atoms with Gasteiger partial charge < -0.3 is 10.3 Å². The lowest BCUT2D eigenvalue weighted by atomic mass is 10.1. The molecule has 3 rings (SSSR count). The van der Waals surface area contributed by atoms with Crippen molar-refractivity contribution in [1.82, 2.24) is 25.1 Å². The molecule has 0 saturated heterocycles. The van der Waals surface area contributed by atoms with Gasteiger partial charge in [0.2, 0.25) is 5.91 Å². The Morgan fingerprint density at radius 3 is 2.50 bits per heavy atom. The molecule has 2 aromatic heterocycles. The SMILES string of the molecule is CC(=O)NCc1nn([C@H](C)c2ccc(C(F)(F)F)cc2)c2nc(C)[nH]c(=O)c12. The summed E-state index contributed by atoms with van der Waals surface area (Å²) in [6, 6.07) is 4.26. The fourth-order valence-corrected chi connectivity index (χ4v) is 2.92. The number of hydrogen-bond acceptors (Lipinski definition) is 4. The summed E-state index contributed by atoms with van der Waals surface area (Å²) in [6.45, 7) is 4.74. The normalized spacial score (nSPS) is 12.9. The Morgan fingerprint density at radius 1 is 1.29 bits per heavy atom. The average Bonchev–Trinajstić information content (AvgIpc) is 2.97. The molecule has 7 nitrogen and oxygen atoms in total. The molecule has 0 spiro atoms. The Morgan fingerprint density at radius 2 is 1.93 bits per heavy atom. The zero-order valence-corrected chi connectivity index (χ0v) is 15.4. The van der Waals surface area contributed by atoms with Gasteiger partial charge in [-0.05, 0) is 31.5 Å². The summed E-state index contributed by atoms with van der Waals surface area (Å²) in [4.78, 5) is 30.6. The molecule has 148 valence electrons. The molecule has 0 saturated carbocycles. The van der Waals surface area contributed by atoms with Crippen LogP contribution in [0.2, 0.25) is 0 Å². The minimum absolute atomic E-state index is 0.0341. The third kappa shape index (κ3) is 3.75. The van der Waals surface area contributed by atoms with E-state index in [1.165, 1.54) is 23.7 Å². The Hall–Kier alpha value is -3.17. The lowest BCUT2D eigenvalue weighted by Crippen LogP contribution is -2.20. The topological polar surface area (TPSA) is 92.7 Å². The highest BCUT2D eigenvalue weighted by Crippen LogP contribution is 2.31. The van der Waals surface area contributed by atoms with Gasteiger partial charge in [0.15, 0.2) is 5.65 Å². The van der Waals surface area contributed by atoms with E-state index in [1.807, 2.05) is 0 Å². The number of benzene rings is 1. The molecule has 0 unspecified atom stereocenters. The minimum Gasteiger partial charge on any atom is -0.351 e.